The number of benzene rings is 1. The monoisotopic (exact) mass is 279 g/mol. The molecular formula is C16H25NO3. The summed E-state index contributed by atoms with van der Waals surface area (Å²) in [6, 6.07) is 7.19. The van der Waals surface area contributed by atoms with Crippen LogP contribution in [0.15, 0.2) is 24.3 Å². The van der Waals surface area contributed by atoms with E-state index in [1.165, 1.54) is 0 Å². The number of hydrogen-bond donors (Lipinski definition) is 2. The van der Waals surface area contributed by atoms with Gasteiger partial charge in [-0.15, -0.1) is 0 Å². The first-order valence-corrected chi connectivity index (χ1v) is 7.20. The van der Waals surface area contributed by atoms with Crippen LogP contribution in [0, 0.1) is 5.92 Å². The fourth-order valence-electron chi connectivity index (χ4n) is 1.72. The number of hydrogen-bond acceptors (Lipinski definition) is 3. The molecule has 0 spiro atoms. The Kier molecular flexibility index (Phi) is 7.09. The number of amides is 1. The average molecular weight is 279 g/mol. The van der Waals surface area contributed by atoms with Gasteiger partial charge in [-0.2, -0.15) is 0 Å². The molecule has 2 N–H and O–H groups in total. The summed E-state index contributed by atoms with van der Waals surface area (Å²) < 4.78 is 5.40. The standard InChI is InChI=1S/C16H25NO3/c1-4-15(18)13-5-7-14(8-6-13)20-11-16(19)17-10-9-12(2)3/h5-8,12,15,18H,4,9-11H2,1-3H3,(H,17,19). The van der Waals surface area contributed by atoms with Crippen LogP contribution >= 0.6 is 0 Å². The largest absolute Gasteiger partial charge is 0.484 e. The predicted molar refractivity (Wildman–Crippen MR) is 79.7 cm³/mol. The number of rotatable bonds is 8. The van der Waals surface area contributed by atoms with Crippen LogP contribution in [0.1, 0.15) is 45.3 Å². The van der Waals surface area contributed by atoms with Crippen molar-refractivity contribution in [2.24, 2.45) is 5.92 Å². The molecule has 0 fully saturated rings. The van der Waals surface area contributed by atoms with Crippen LogP contribution in [0.2, 0.25) is 0 Å². The fraction of sp³-hybridized carbons (Fsp3) is 0.562. The van der Waals surface area contributed by atoms with Gasteiger partial charge in [0.25, 0.3) is 5.91 Å². The zero-order valence-electron chi connectivity index (χ0n) is 12.6. The quantitative estimate of drug-likeness (QED) is 0.769. The Morgan fingerprint density at radius 3 is 2.50 bits per heavy atom. The van der Waals surface area contributed by atoms with E-state index in [1.807, 2.05) is 19.1 Å². The summed E-state index contributed by atoms with van der Waals surface area (Å²) in [5.74, 6) is 1.10. The Morgan fingerprint density at radius 2 is 1.95 bits per heavy atom. The molecule has 0 saturated heterocycles. The SMILES string of the molecule is CCC(O)c1ccc(OCC(=O)NCCC(C)C)cc1. The van der Waals surface area contributed by atoms with Gasteiger partial charge in [-0.1, -0.05) is 32.9 Å². The normalized spacial score (nSPS) is 12.2. The second-order valence-corrected chi connectivity index (χ2v) is 5.31. The maximum Gasteiger partial charge on any atom is 0.257 e. The molecular weight excluding hydrogens is 254 g/mol. The Morgan fingerprint density at radius 1 is 1.30 bits per heavy atom. The number of carbonyl (C=O) groups is 1. The van der Waals surface area contributed by atoms with Crippen molar-refractivity contribution in [2.45, 2.75) is 39.7 Å². The van der Waals surface area contributed by atoms with Crippen molar-refractivity contribution in [3.8, 4) is 5.75 Å². The molecule has 1 rings (SSSR count). The topological polar surface area (TPSA) is 58.6 Å². The summed E-state index contributed by atoms with van der Waals surface area (Å²) in [6.45, 7) is 6.87. The molecule has 0 radical (unpaired) electrons. The lowest BCUT2D eigenvalue weighted by Crippen LogP contribution is -2.30. The highest BCUT2D eigenvalue weighted by Gasteiger charge is 2.06. The highest BCUT2D eigenvalue weighted by Crippen LogP contribution is 2.19. The van der Waals surface area contributed by atoms with E-state index in [0.29, 0.717) is 24.6 Å². The fourth-order valence-corrected chi connectivity index (χ4v) is 1.72. The van der Waals surface area contributed by atoms with Gasteiger partial charge in [-0.05, 0) is 36.5 Å². The molecule has 0 bridgehead atoms. The van der Waals surface area contributed by atoms with Gasteiger partial charge in [0.1, 0.15) is 5.75 Å². The number of ether oxygens (including phenoxy) is 1. The van der Waals surface area contributed by atoms with E-state index in [1.54, 1.807) is 12.1 Å². The molecule has 20 heavy (non-hydrogen) atoms. The van der Waals surface area contributed by atoms with E-state index in [0.717, 1.165) is 12.0 Å². The molecule has 4 nitrogen and oxygen atoms in total. The molecule has 1 atom stereocenters. The van der Waals surface area contributed by atoms with Crippen LogP contribution in [0.4, 0.5) is 0 Å². The van der Waals surface area contributed by atoms with E-state index in [-0.39, 0.29) is 12.5 Å². The van der Waals surface area contributed by atoms with Gasteiger partial charge >= 0.3 is 0 Å². The van der Waals surface area contributed by atoms with Crippen LogP contribution < -0.4 is 10.1 Å². The Balaban J connectivity index is 2.32. The van der Waals surface area contributed by atoms with Gasteiger partial charge in [0.2, 0.25) is 0 Å². The molecule has 0 saturated carbocycles. The second-order valence-electron chi connectivity index (χ2n) is 5.31. The van der Waals surface area contributed by atoms with Gasteiger partial charge in [0.05, 0.1) is 6.10 Å². The summed E-state index contributed by atoms with van der Waals surface area (Å²) >= 11 is 0. The number of aliphatic hydroxyl groups is 1. The van der Waals surface area contributed by atoms with E-state index < -0.39 is 6.10 Å². The predicted octanol–water partition coefficient (Wildman–Crippen LogP) is 2.67. The van der Waals surface area contributed by atoms with Crippen molar-refractivity contribution in [1.29, 1.82) is 0 Å². The van der Waals surface area contributed by atoms with E-state index >= 15 is 0 Å². The summed E-state index contributed by atoms with van der Waals surface area (Å²) in [5, 5.41) is 12.5. The molecule has 0 aliphatic carbocycles. The van der Waals surface area contributed by atoms with Crippen LogP contribution in [-0.4, -0.2) is 24.2 Å². The molecule has 0 aromatic heterocycles. The summed E-state index contributed by atoms with van der Waals surface area (Å²) in [4.78, 5) is 11.5. The molecule has 4 heteroatoms. The number of carbonyl (C=O) groups excluding carboxylic acids is 1. The molecule has 112 valence electrons. The van der Waals surface area contributed by atoms with Crippen molar-refractivity contribution in [3.05, 3.63) is 29.8 Å². The highest BCUT2D eigenvalue weighted by atomic mass is 16.5. The zero-order chi connectivity index (χ0) is 15.0. The van der Waals surface area contributed by atoms with Crippen LogP contribution in [-0.2, 0) is 4.79 Å². The minimum Gasteiger partial charge on any atom is -0.484 e. The first kappa shape index (κ1) is 16.5. The summed E-state index contributed by atoms with van der Waals surface area (Å²) in [6.07, 6.45) is 1.21. The third-order valence-corrected chi connectivity index (χ3v) is 3.07. The van der Waals surface area contributed by atoms with Crippen LogP contribution in [0.5, 0.6) is 5.75 Å². The molecule has 0 heterocycles. The molecule has 1 amide bonds. The summed E-state index contributed by atoms with van der Waals surface area (Å²) in [5.41, 5.74) is 0.862. The number of aliphatic hydroxyl groups excluding tert-OH is 1. The first-order valence-electron chi connectivity index (χ1n) is 7.20. The van der Waals surface area contributed by atoms with Gasteiger partial charge in [0.15, 0.2) is 6.61 Å². The smallest absolute Gasteiger partial charge is 0.257 e. The number of nitrogens with one attached hydrogen (secondary N) is 1. The maximum atomic E-state index is 11.5. The maximum absolute atomic E-state index is 11.5. The van der Waals surface area contributed by atoms with Gasteiger partial charge in [-0.25, -0.2) is 0 Å². The van der Waals surface area contributed by atoms with Crippen molar-refractivity contribution in [3.63, 3.8) is 0 Å². The van der Waals surface area contributed by atoms with E-state index in [9.17, 15) is 9.90 Å². The van der Waals surface area contributed by atoms with Crippen LogP contribution in [0.3, 0.4) is 0 Å². The average Bonchev–Trinajstić information content (AvgIpc) is 2.44. The van der Waals surface area contributed by atoms with Crippen molar-refractivity contribution < 1.29 is 14.6 Å². The Bertz CT molecular complexity index is 401. The first-order chi connectivity index (χ1) is 9.52. The van der Waals surface area contributed by atoms with Crippen molar-refractivity contribution >= 4 is 5.91 Å². The molecule has 0 aliphatic heterocycles. The van der Waals surface area contributed by atoms with Crippen molar-refractivity contribution in [2.75, 3.05) is 13.2 Å². The molecule has 1 unspecified atom stereocenters. The lowest BCUT2D eigenvalue weighted by molar-refractivity contribution is -0.123. The Hall–Kier alpha value is -1.55. The van der Waals surface area contributed by atoms with Gasteiger partial charge < -0.3 is 15.2 Å². The van der Waals surface area contributed by atoms with E-state index in [2.05, 4.69) is 19.2 Å². The zero-order valence-corrected chi connectivity index (χ0v) is 12.6. The van der Waals surface area contributed by atoms with Gasteiger partial charge in [-0.3, -0.25) is 4.79 Å². The highest BCUT2D eigenvalue weighted by molar-refractivity contribution is 5.77. The minimum atomic E-state index is -0.441. The molecule has 0 aliphatic rings. The third-order valence-electron chi connectivity index (χ3n) is 3.07. The Labute approximate surface area is 121 Å². The second kappa shape index (κ2) is 8.59. The van der Waals surface area contributed by atoms with Gasteiger partial charge in [0, 0.05) is 6.54 Å². The van der Waals surface area contributed by atoms with Crippen molar-refractivity contribution in [1.82, 2.24) is 5.32 Å². The lowest BCUT2D eigenvalue weighted by atomic mass is 10.1. The summed E-state index contributed by atoms with van der Waals surface area (Å²) in [7, 11) is 0. The van der Waals surface area contributed by atoms with E-state index in [4.69, 9.17) is 4.74 Å². The lowest BCUT2D eigenvalue weighted by Gasteiger charge is -2.11. The third kappa shape index (κ3) is 6.06. The molecule has 1 aromatic carbocycles. The minimum absolute atomic E-state index is 0.0216. The molecule has 1 aromatic rings. The van der Waals surface area contributed by atoms with Crippen LogP contribution in [0.25, 0.3) is 0 Å².